The second-order valence-electron chi connectivity index (χ2n) is 10.2. The molecule has 0 aliphatic carbocycles. The number of H-pyrrole nitrogens is 2. The van der Waals surface area contributed by atoms with Gasteiger partial charge in [0.05, 0.1) is 11.4 Å². The van der Waals surface area contributed by atoms with Crippen molar-refractivity contribution in [2.75, 3.05) is 0 Å². The van der Waals surface area contributed by atoms with Crippen molar-refractivity contribution in [1.82, 2.24) is 25.5 Å². The summed E-state index contributed by atoms with van der Waals surface area (Å²) in [6, 6.07) is 15.0. The van der Waals surface area contributed by atoms with Crippen molar-refractivity contribution in [2.45, 2.75) is 34.6 Å². The number of benzene rings is 1. The van der Waals surface area contributed by atoms with Gasteiger partial charge in [-0.15, -0.1) is 11.3 Å². The zero-order chi connectivity index (χ0) is 26.9. The van der Waals surface area contributed by atoms with Crippen molar-refractivity contribution in [2.24, 2.45) is 5.41 Å². The molecule has 4 heterocycles. The van der Waals surface area contributed by atoms with Gasteiger partial charge in [0.2, 0.25) is 0 Å². The van der Waals surface area contributed by atoms with E-state index in [2.05, 4.69) is 126 Å². The third-order valence-corrected chi connectivity index (χ3v) is 7.58. The number of fused-ring (bicyclic) bond motifs is 2. The van der Waals surface area contributed by atoms with Crippen molar-refractivity contribution in [3.05, 3.63) is 102 Å². The smallest absolute Gasteiger partial charge is 0.181 e. The van der Waals surface area contributed by atoms with E-state index < -0.39 is 0 Å². The highest BCUT2D eigenvalue weighted by Gasteiger charge is 2.17. The number of nitrogens with one attached hydrogen (secondary N) is 3. The number of rotatable bonds is 7. The molecule has 0 unspecified atom stereocenters. The zero-order valence-electron chi connectivity index (χ0n) is 22.5. The predicted octanol–water partition coefficient (Wildman–Crippen LogP) is 8.85. The average molecular weight is 520 g/mol. The molecule has 5 nitrogen and oxygen atoms in total. The molecule has 1 aromatic carbocycles. The lowest BCUT2D eigenvalue weighted by Crippen LogP contribution is -2.23. The van der Waals surface area contributed by atoms with E-state index in [4.69, 9.17) is 0 Å². The Kier molecular flexibility index (Phi) is 6.91. The van der Waals surface area contributed by atoms with Crippen LogP contribution in [0.1, 0.15) is 40.2 Å². The average Bonchev–Trinajstić information content (AvgIpc) is 3.67. The fraction of sp³-hybridized carbons (Fsp3) is 0.188. The lowest BCUT2D eigenvalue weighted by Gasteiger charge is -2.25. The van der Waals surface area contributed by atoms with Gasteiger partial charge in [0.1, 0.15) is 0 Å². The summed E-state index contributed by atoms with van der Waals surface area (Å²) in [5, 5.41) is 15.5. The molecule has 5 aromatic rings. The summed E-state index contributed by atoms with van der Waals surface area (Å²) >= 11 is 1.75. The van der Waals surface area contributed by atoms with Crippen LogP contribution >= 0.6 is 11.3 Å². The Bertz CT molecular complexity index is 1700. The largest absolute Gasteiger partial charge is 0.359 e. The number of aromatic amines is 2. The minimum absolute atomic E-state index is 0.00203. The lowest BCUT2D eigenvalue weighted by molar-refractivity contribution is 0.474. The maximum Gasteiger partial charge on any atom is 0.181 e. The molecule has 38 heavy (non-hydrogen) atoms. The van der Waals surface area contributed by atoms with Crippen molar-refractivity contribution in [1.29, 1.82) is 0 Å². The molecule has 0 atom stereocenters. The van der Waals surface area contributed by atoms with Gasteiger partial charge in [0, 0.05) is 55.3 Å². The van der Waals surface area contributed by atoms with E-state index in [0.717, 1.165) is 44.8 Å². The first-order chi connectivity index (χ1) is 18.3. The summed E-state index contributed by atoms with van der Waals surface area (Å²) in [6.07, 6.45) is 10.0. The van der Waals surface area contributed by atoms with Gasteiger partial charge < -0.3 is 10.3 Å². The molecular weight excluding hydrogens is 486 g/mol. The summed E-state index contributed by atoms with van der Waals surface area (Å²) in [5.41, 5.74) is 9.06. The molecule has 0 aliphatic heterocycles. The van der Waals surface area contributed by atoms with Gasteiger partial charge in [-0.1, -0.05) is 57.7 Å². The van der Waals surface area contributed by atoms with Crippen LogP contribution in [0.15, 0.2) is 96.3 Å². The van der Waals surface area contributed by atoms with Crippen LogP contribution in [0.4, 0.5) is 0 Å². The fourth-order valence-corrected chi connectivity index (χ4v) is 5.46. The van der Waals surface area contributed by atoms with Gasteiger partial charge in [-0.2, -0.15) is 5.10 Å². The van der Waals surface area contributed by atoms with E-state index in [9.17, 15) is 0 Å². The summed E-state index contributed by atoms with van der Waals surface area (Å²) in [4.78, 5) is 9.52. The highest BCUT2D eigenvalue weighted by atomic mass is 32.1. The van der Waals surface area contributed by atoms with Gasteiger partial charge in [-0.25, -0.2) is 4.98 Å². The van der Waals surface area contributed by atoms with Crippen LogP contribution in [0.3, 0.4) is 0 Å². The van der Waals surface area contributed by atoms with Gasteiger partial charge in [0.25, 0.3) is 0 Å². The van der Waals surface area contributed by atoms with Crippen molar-refractivity contribution in [3.8, 4) is 21.8 Å². The molecule has 0 radical (unpaired) electrons. The molecule has 0 spiro atoms. The predicted molar refractivity (Wildman–Crippen MR) is 163 cm³/mol. The van der Waals surface area contributed by atoms with Crippen LogP contribution in [0.5, 0.6) is 0 Å². The van der Waals surface area contributed by atoms with Crippen LogP contribution in [0.2, 0.25) is 0 Å². The molecule has 0 bridgehead atoms. The minimum Gasteiger partial charge on any atom is -0.359 e. The molecule has 3 N–H and O–H groups in total. The summed E-state index contributed by atoms with van der Waals surface area (Å²) in [6.45, 7) is 14.7. The van der Waals surface area contributed by atoms with Crippen LogP contribution in [-0.2, 0) is 0 Å². The minimum atomic E-state index is 0.00203. The molecule has 6 heteroatoms. The SMILES string of the molecule is C=C/C(=C\C(=C/C)c1cnc2n[nH]c(-c3cc4c(-c5cccs5)cccc4[nH]3)c2c1)N/C(=C\C)C(C)(C)C. The first-order valence-corrected chi connectivity index (χ1v) is 13.6. The number of nitrogens with zero attached hydrogens (tertiary/aromatic N) is 2. The maximum atomic E-state index is 4.68. The molecule has 4 aromatic heterocycles. The number of hydrogen-bond acceptors (Lipinski definition) is 4. The van der Waals surface area contributed by atoms with Crippen molar-refractivity contribution in [3.63, 3.8) is 0 Å². The molecule has 0 saturated heterocycles. The third kappa shape index (κ3) is 4.87. The molecule has 0 aliphatic rings. The Morgan fingerprint density at radius 2 is 1.89 bits per heavy atom. The lowest BCUT2D eigenvalue weighted by atomic mass is 9.91. The third-order valence-electron chi connectivity index (χ3n) is 6.68. The van der Waals surface area contributed by atoms with E-state index in [0.29, 0.717) is 5.65 Å². The quantitative estimate of drug-likeness (QED) is 0.188. The normalized spacial score (nSPS) is 13.4. The second-order valence-corrected chi connectivity index (χ2v) is 11.2. The molecule has 0 amide bonds. The summed E-state index contributed by atoms with van der Waals surface area (Å²) < 4.78 is 0. The van der Waals surface area contributed by atoms with Gasteiger partial charge >= 0.3 is 0 Å². The standard InChI is InChI=1S/C32H33N5S/c1-7-20(16-22(8-2)34-29(9-3)32(4,5)6)21-17-25-30(36-37-31(25)33-19-21)27-18-24-23(28-14-11-15-38-28)12-10-13-26(24)35-27/h7-19,34-35H,2H2,1,3-6H3,(H,33,36,37)/b20-7+,22-16+,29-9-. The Balaban J connectivity index is 1.54. The van der Waals surface area contributed by atoms with E-state index in [1.54, 1.807) is 11.3 Å². The molecule has 0 saturated carbocycles. The topological polar surface area (TPSA) is 69.4 Å². The van der Waals surface area contributed by atoms with Crippen LogP contribution in [-0.4, -0.2) is 20.2 Å². The van der Waals surface area contributed by atoms with Crippen LogP contribution in [0, 0.1) is 5.41 Å². The number of allylic oxidation sites excluding steroid dienone is 6. The fourth-order valence-electron chi connectivity index (χ4n) is 4.69. The van der Waals surface area contributed by atoms with Gasteiger partial charge in [-0.3, -0.25) is 5.10 Å². The maximum absolute atomic E-state index is 4.68. The highest BCUT2D eigenvalue weighted by Crippen LogP contribution is 2.36. The zero-order valence-corrected chi connectivity index (χ0v) is 23.3. The Hall–Kier alpha value is -4.16. The Morgan fingerprint density at radius 3 is 2.58 bits per heavy atom. The second kappa shape index (κ2) is 10.3. The highest BCUT2D eigenvalue weighted by molar-refractivity contribution is 7.13. The molecular formula is C32H33N5S. The van der Waals surface area contributed by atoms with Gasteiger partial charge in [-0.05, 0) is 61.2 Å². The van der Waals surface area contributed by atoms with Gasteiger partial charge in [0.15, 0.2) is 5.65 Å². The first-order valence-electron chi connectivity index (χ1n) is 12.8. The monoisotopic (exact) mass is 519 g/mol. The van der Waals surface area contributed by atoms with E-state index >= 15 is 0 Å². The van der Waals surface area contributed by atoms with E-state index in [-0.39, 0.29) is 5.41 Å². The first kappa shape index (κ1) is 25.5. The Morgan fingerprint density at radius 1 is 1.05 bits per heavy atom. The molecule has 0 fully saturated rings. The number of thiophene rings is 1. The summed E-state index contributed by atoms with van der Waals surface area (Å²) in [5.74, 6) is 0. The molecule has 5 rings (SSSR count). The van der Waals surface area contributed by atoms with E-state index in [1.165, 1.54) is 15.8 Å². The van der Waals surface area contributed by atoms with Crippen LogP contribution in [0.25, 0.3) is 49.3 Å². The number of aromatic nitrogens is 4. The molecule has 192 valence electrons. The van der Waals surface area contributed by atoms with Crippen LogP contribution < -0.4 is 5.32 Å². The Labute approximate surface area is 227 Å². The van der Waals surface area contributed by atoms with Crippen molar-refractivity contribution < 1.29 is 0 Å². The number of pyridine rings is 1. The summed E-state index contributed by atoms with van der Waals surface area (Å²) in [7, 11) is 0. The van der Waals surface area contributed by atoms with Crippen molar-refractivity contribution >= 4 is 38.8 Å². The number of hydrogen-bond donors (Lipinski definition) is 3. The van der Waals surface area contributed by atoms with E-state index in [1.807, 2.05) is 19.2 Å².